The van der Waals surface area contributed by atoms with Crippen LogP contribution in [0.1, 0.15) is 0 Å². The highest BCUT2D eigenvalue weighted by Crippen LogP contribution is 1.82. The van der Waals surface area contributed by atoms with Crippen LogP contribution in [0.25, 0.3) is 0 Å². The molecular weight excluding hydrogens is 210 g/mol. The van der Waals surface area contributed by atoms with E-state index < -0.39 is 0 Å². The van der Waals surface area contributed by atoms with Gasteiger partial charge in [0.05, 0.1) is 33.9 Å². The van der Waals surface area contributed by atoms with Gasteiger partial charge in [0.25, 0.3) is 0 Å². The third-order valence-corrected chi connectivity index (χ3v) is 6.32. The molecule has 0 radical (unpaired) electrons. The van der Waals surface area contributed by atoms with Gasteiger partial charge in [-0.1, -0.05) is 19.6 Å². The van der Waals surface area contributed by atoms with Gasteiger partial charge in [0, 0.05) is 10.6 Å². The smallest absolute Gasteiger partial charge is 0.139 e. The van der Waals surface area contributed by atoms with Crippen LogP contribution in [0, 0.1) is 0 Å². The largest absolute Gasteiger partial charge is 0.383 e. The fourth-order valence-corrected chi connectivity index (χ4v) is 5.55. The monoisotopic (exact) mass is 227 g/mol. The predicted octanol–water partition coefficient (Wildman–Crippen LogP) is -3.41. The van der Waals surface area contributed by atoms with Crippen molar-refractivity contribution >= 4 is 50.3 Å². The zero-order valence-corrected chi connectivity index (χ0v) is 12.8. The lowest BCUT2D eigenvalue weighted by Crippen LogP contribution is -2.45. The number of nitrogen functional groups attached to an aromatic ring is 1. The van der Waals surface area contributed by atoms with Gasteiger partial charge in [-0.05, 0) is 0 Å². The first-order valence-corrected chi connectivity index (χ1v) is 11.2. The lowest BCUT2D eigenvalue weighted by molar-refractivity contribution is 1.33. The average Bonchev–Trinajstić information content (AvgIpc) is 2.17. The summed E-state index contributed by atoms with van der Waals surface area (Å²) in [6, 6.07) is 0. The Morgan fingerprint density at radius 3 is 1.77 bits per heavy atom. The van der Waals surface area contributed by atoms with E-state index in [0.717, 1.165) is 5.32 Å². The molecule has 1 aromatic rings. The average molecular weight is 227 g/mol. The Morgan fingerprint density at radius 1 is 0.846 bits per heavy atom. The van der Waals surface area contributed by atoms with E-state index in [0.29, 0.717) is 5.82 Å². The van der Waals surface area contributed by atoms with Gasteiger partial charge in [-0.25, -0.2) is 4.98 Å². The molecule has 13 heavy (non-hydrogen) atoms. The number of anilines is 1. The number of hydrogen-bond donors (Lipinski definition) is 1. The molecule has 2 N–H and O–H groups in total. The maximum absolute atomic E-state index is 5.83. The second-order valence-corrected chi connectivity index (χ2v) is 7.14. The van der Waals surface area contributed by atoms with Crippen molar-refractivity contribution in [1.29, 1.82) is 0 Å². The number of hydrogen-bond acceptors (Lipinski definition) is 3. The van der Waals surface area contributed by atoms with E-state index in [1.54, 1.807) is 0 Å². The normalized spacial score (nSPS) is 13.2. The molecule has 3 nitrogen and oxygen atoms in total. The standard InChI is InChI=1S/C7H17N3Si3/c1-11-5-4(8)9-6(12-2)7(10-5)13-3/h11-13H2,1-3H3,(H2,8,9). The van der Waals surface area contributed by atoms with E-state index in [4.69, 9.17) is 5.73 Å². The molecule has 1 heterocycles. The molecule has 0 fully saturated rings. The van der Waals surface area contributed by atoms with E-state index in [1.807, 2.05) is 0 Å². The van der Waals surface area contributed by atoms with Crippen molar-refractivity contribution in [3.8, 4) is 0 Å². The Morgan fingerprint density at radius 2 is 1.31 bits per heavy atom. The van der Waals surface area contributed by atoms with Crippen LogP contribution in [-0.2, 0) is 0 Å². The van der Waals surface area contributed by atoms with E-state index in [-0.39, 0.29) is 28.6 Å². The van der Waals surface area contributed by atoms with Gasteiger partial charge in [0.15, 0.2) is 0 Å². The molecule has 0 saturated carbocycles. The van der Waals surface area contributed by atoms with Crippen molar-refractivity contribution in [1.82, 2.24) is 9.97 Å². The highest BCUT2D eigenvalue weighted by molar-refractivity contribution is 6.64. The van der Waals surface area contributed by atoms with Gasteiger partial charge in [0.2, 0.25) is 0 Å². The molecule has 0 aliphatic carbocycles. The third kappa shape index (κ3) is 2.26. The molecule has 0 saturated heterocycles. The Labute approximate surface area is 86.0 Å². The summed E-state index contributed by atoms with van der Waals surface area (Å²) in [7, 11) is -0.618. The van der Waals surface area contributed by atoms with Crippen LogP contribution in [0.3, 0.4) is 0 Å². The van der Waals surface area contributed by atoms with Gasteiger partial charge >= 0.3 is 0 Å². The number of aromatic nitrogens is 2. The molecule has 0 amide bonds. The number of nitrogens with two attached hydrogens (primary N) is 1. The fraction of sp³-hybridized carbons (Fsp3) is 0.429. The summed E-state index contributed by atoms with van der Waals surface area (Å²) in [6.45, 7) is 6.74. The molecule has 6 heteroatoms. The summed E-state index contributed by atoms with van der Waals surface area (Å²) < 4.78 is 0. The van der Waals surface area contributed by atoms with E-state index in [1.165, 1.54) is 10.6 Å². The second kappa shape index (κ2) is 4.68. The maximum Gasteiger partial charge on any atom is 0.139 e. The quantitative estimate of drug-likeness (QED) is 0.548. The predicted molar refractivity (Wildman–Crippen MR) is 68.6 cm³/mol. The summed E-state index contributed by atoms with van der Waals surface area (Å²) in [5.74, 6) is 0.713. The molecule has 72 valence electrons. The van der Waals surface area contributed by atoms with Crippen LogP contribution in [0.15, 0.2) is 0 Å². The molecule has 0 spiro atoms. The van der Waals surface area contributed by atoms with Crippen LogP contribution < -0.4 is 21.7 Å². The first-order chi connectivity index (χ1) is 6.22. The molecule has 0 aliphatic rings. The van der Waals surface area contributed by atoms with Crippen molar-refractivity contribution in [2.75, 3.05) is 5.73 Å². The summed E-state index contributed by atoms with van der Waals surface area (Å²) in [4.78, 5) is 9.13. The Kier molecular flexibility index (Phi) is 3.82. The molecule has 0 atom stereocenters. The zero-order chi connectivity index (χ0) is 9.84. The van der Waals surface area contributed by atoms with Gasteiger partial charge in [-0.3, -0.25) is 4.98 Å². The molecule has 0 bridgehead atoms. The maximum atomic E-state index is 5.83. The summed E-state index contributed by atoms with van der Waals surface area (Å²) >= 11 is 0. The van der Waals surface area contributed by atoms with Crippen molar-refractivity contribution < 1.29 is 0 Å². The zero-order valence-electron chi connectivity index (χ0n) is 8.59. The van der Waals surface area contributed by atoms with Crippen LogP contribution >= 0.6 is 0 Å². The number of rotatable bonds is 3. The molecule has 1 rings (SSSR count). The van der Waals surface area contributed by atoms with E-state index in [9.17, 15) is 0 Å². The minimum absolute atomic E-state index is 0.168. The molecule has 0 aromatic carbocycles. The number of nitrogens with zero attached hydrogens (tertiary/aromatic N) is 2. The van der Waals surface area contributed by atoms with E-state index in [2.05, 4.69) is 29.6 Å². The highest BCUT2D eigenvalue weighted by Gasteiger charge is 2.07. The van der Waals surface area contributed by atoms with E-state index >= 15 is 0 Å². The van der Waals surface area contributed by atoms with Crippen molar-refractivity contribution in [2.45, 2.75) is 19.6 Å². The fourth-order valence-electron chi connectivity index (χ4n) is 1.39. The molecular formula is C7H17N3Si3. The van der Waals surface area contributed by atoms with Crippen LogP contribution in [0.2, 0.25) is 19.6 Å². The van der Waals surface area contributed by atoms with Crippen LogP contribution in [0.4, 0.5) is 5.82 Å². The SMILES string of the molecule is C[SiH2]c1nc([SiH2]C)c([SiH2]C)nc1N. The third-order valence-electron chi connectivity index (χ3n) is 2.16. The van der Waals surface area contributed by atoms with Gasteiger partial charge in [0.1, 0.15) is 5.82 Å². The topological polar surface area (TPSA) is 51.8 Å². The Balaban J connectivity index is 3.18. The lowest BCUT2D eigenvalue weighted by Gasteiger charge is -2.08. The van der Waals surface area contributed by atoms with Crippen LogP contribution in [0.5, 0.6) is 0 Å². The Hall–Kier alpha value is -0.469. The first-order valence-electron chi connectivity index (χ1n) is 4.87. The van der Waals surface area contributed by atoms with Crippen molar-refractivity contribution in [2.24, 2.45) is 0 Å². The highest BCUT2D eigenvalue weighted by atomic mass is 28.2. The first kappa shape index (κ1) is 10.6. The minimum Gasteiger partial charge on any atom is -0.383 e. The lowest BCUT2D eigenvalue weighted by atomic mass is 10.7. The van der Waals surface area contributed by atoms with Gasteiger partial charge in [-0.15, -0.1) is 0 Å². The van der Waals surface area contributed by atoms with Crippen molar-refractivity contribution in [3.05, 3.63) is 0 Å². The molecule has 1 aromatic heterocycles. The van der Waals surface area contributed by atoms with Gasteiger partial charge < -0.3 is 5.73 Å². The van der Waals surface area contributed by atoms with Crippen LogP contribution in [-0.4, -0.2) is 38.5 Å². The van der Waals surface area contributed by atoms with Crippen molar-refractivity contribution in [3.63, 3.8) is 0 Å². The summed E-state index contributed by atoms with van der Waals surface area (Å²) in [5.41, 5.74) is 5.83. The summed E-state index contributed by atoms with van der Waals surface area (Å²) in [6.07, 6.45) is 0. The minimum atomic E-state index is -0.253. The Bertz CT molecular complexity index is 303. The second-order valence-electron chi connectivity index (χ2n) is 3.01. The van der Waals surface area contributed by atoms with Gasteiger partial charge in [-0.2, -0.15) is 0 Å². The molecule has 0 aliphatic heterocycles. The molecule has 0 unspecified atom stereocenters. The summed E-state index contributed by atoms with van der Waals surface area (Å²) in [5, 5.41) is 3.71.